The summed E-state index contributed by atoms with van der Waals surface area (Å²) in [6, 6.07) is 9.79. The summed E-state index contributed by atoms with van der Waals surface area (Å²) in [5.41, 5.74) is 1.61. The molecule has 0 saturated carbocycles. The molecule has 1 amide bonds. The van der Waals surface area contributed by atoms with Crippen LogP contribution in [-0.2, 0) is 15.8 Å². The van der Waals surface area contributed by atoms with Crippen LogP contribution in [0.4, 0.5) is 11.5 Å². The van der Waals surface area contributed by atoms with Crippen LogP contribution in [0.25, 0.3) is 0 Å². The second kappa shape index (κ2) is 6.76. The van der Waals surface area contributed by atoms with E-state index in [0.717, 1.165) is 0 Å². The van der Waals surface area contributed by atoms with Crippen molar-refractivity contribution in [2.45, 2.75) is 5.75 Å². The summed E-state index contributed by atoms with van der Waals surface area (Å²) >= 11 is 0. The van der Waals surface area contributed by atoms with E-state index >= 15 is 0 Å². The van der Waals surface area contributed by atoms with Gasteiger partial charge in [0.2, 0.25) is 10.0 Å². The van der Waals surface area contributed by atoms with Gasteiger partial charge in [-0.1, -0.05) is 12.1 Å². The molecule has 0 aliphatic carbocycles. The van der Waals surface area contributed by atoms with E-state index in [1.54, 1.807) is 47.5 Å². The highest BCUT2D eigenvalue weighted by molar-refractivity contribution is 7.88. The molecule has 3 N–H and O–H groups in total. The molecule has 2 rings (SSSR count). The highest BCUT2D eigenvalue weighted by Crippen LogP contribution is 2.14. The van der Waals surface area contributed by atoms with Gasteiger partial charge < -0.3 is 10.2 Å². The molecule has 1 aromatic heterocycles. The topological polar surface area (TPSA) is 105 Å². The average Bonchev–Trinajstić information content (AvgIpc) is 2.48. The smallest absolute Gasteiger partial charge is 0.255 e. The number of nitrogens with zero attached hydrogens (tertiary/aromatic N) is 2. The lowest BCUT2D eigenvalue weighted by Crippen LogP contribution is -2.16. The van der Waals surface area contributed by atoms with Gasteiger partial charge in [0, 0.05) is 31.5 Å². The molecule has 0 spiro atoms. The highest BCUT2D eigenvalue weighted by Gasteiger charge is 2.09. The molecule has 0 atom stereocenters. The Hall–Kier alpha value is -2.45. The van der Waals surface area contributed by atoms with E-state index in [2.05, 4.69) is 10.3 Å². The second-order valence-electron chi connectivity index (χ2n) is 5.26. The number of carbonyl (C=O) groups is 1. The number of benzene rings is 1. The van der Waals surface area contributed by atoms with E-state index in [-0.39, 0.29) is 11.7 Å². The molecule has 0 aliphatic rings. The van der Waals surface area contributed by atoms with Crippen molar-refractivity contribution in [3.05, 3.63) is 53.7 Å². The minimum Gasteiger partial charge on any atom is -0.363 e. The minimum absolute atomic E-state index is 0.238. The van der Waals surface area contributed by atoms with Gasteiger partial charge >= 0.3 is 0 Å². The fourth-order valence-electron chi connectivity index (χ4n) is 1.92. The van der Waals surface area contributed by atoms with Crippen molar-refractivity contribution >= 4 is 27.4 Å². The molecule has 0 saturated heterocycles. The molecule has 0 bridgehead atoms. The molecule has 0 radical (unpaired) electrons. The van der Waals surface area contributed by atoms with E-state index in [1.807, 2.05) is 14.1 Å². The van der Waals surface area contributed by atoms with Gasteiger partial charge in [0.25, 0.3) is 5.91 Å². The molecule has 0 unspecified atom stereocenters. The Bertz CT molecular complexity index is 802. The number of hydrogen-bond donors (Lipinski definition) is 2. The Morgan fingerprint density at radius 2 is 1.87 bits per heavy atom. The van der Waals surface area contributed by atoms with Gasteiger partial charge in [-0.3, -0.25) is 4.79 Å². The molecule has 23 heavy (non-hydrogen) atoms. The molecule has 0 fully saturated rings. The van der Waals surface area contributed by atoms with E-state index in [0.29, 0.717) is 22.6 Å². The normalized spacial score (nSPS) is 11.1. The summed E-state index contributed by atoms with van der Waals surface area (Å²) < 4.78 is 22.1. The zero-order chi connectivity index (χ0) is 17.0. The fraction of sp³-hybridized carbons (Fsp3) is 0.200. The summed E-state index contributed by atoms with van der Waals surface area (Å²) in [5.74, 6) is 0.175. The van der Waals surface area contributed by atoms with Crippen molar-refractivity contribution in [3.63, 3.8) is 0 Å². The van der Waals surface area contributed by atoms with Crippen LogP contribution in [0.15, 0.2) is 42.6 Å². The van der Waals surface area contributed by atoms with Crippen LogP contribution in [0.3, 0.4) is 0 Å². The number of sulfonamides is 1. The maximum absolute atomic E-state index is 12.2. The monoisotopic (exact) mass is 334 g/mol. The maximum atomic E-state index is 12.2. The second-order valence-corrected chi connectivity index (χ2v) is 6.87. The van der Waals surface area contributed by atoms with Gasteiger partial charge in [0.15, 0.2) is 0 Å². The van der Waals surface area contributed by atoms with Gasteiger partial charge in [-0.05, 0) is 29.8 Å². The molecule has 7 nitrogen and oxygen atoms in total. The number of hydrogen-bond acceptors (Lipinski definition) is 5. The first kappa shape index (κ1) is 16.9. The Balaban J connectivity index is 2.10. The molecule has 1 aromatic carbocycles. The van der Waals surface area contributed by atoms with E-state index in [1.165, 1.54) is 0 Å². The van der Waals surface area contributed by atoms with Gasteiger partial charge in [-0.15, -0.1) is 0 Å². The first-order valence-corrected chi connectivity index (χ1v) is 8.50. The average molecular weight is 334 g/mol. The highest BCUT2D eigenvalue weighted by atomic mass is 32.2. The van der Waals surface area contributed by atoms with Crippen LogP contribution < -0.4 is 15.4 Å². The summed E-state index contributed by atoms with van der Waals surface area (Å²) in [6.45, 7) is 0. The van der Waals surface area contributed by atoms with E-state index in [9.17, 15) is 13.2 Å². The SMILES string of the molecule is CN(C)c1cc(C(=O)Nc2ccc(CS(N)(=O)=O)cc2)ccn1. The predicted molar refractivity (Wildman–Crippen MR) is 89.8 cm³/mol. The summed E-state index contributed by atoms with van der Waals surface area (Å²) in [4.78, 5) is 18.2. The van der Waals surface area contributed by atoms with Gasteiger partial charge in [-0.2, -0.15) is 0 Å². The van der Waals surface area contributed by atoms with Gasteiger partial charge in [0.1, 0.15) is 5.82 Å². The number of rotatable bonds is 5. The van der Waals surface area contributed by atoms with Crippen LogP contribution in [0.5, 0.6) is 0 Å². The third-order valence-corrected chi connectivity index (χ3v) is 3.78. The van der Waals surface area contributed by atoms with E-state index in [4.69, 9.17) is 5.14 Å². The lowest BCUT2D eigenvalue weighted by molar-refractivity contribution is 0.102. The van der Waals surface area contributed by atoms with Crippen LogP contribution in [-0.4, -0.2) is 33.4 Å². The van der Waals surface area contributed by atoms with Crippen molar-refractivity contribution in [2.24, 2.45) is 5.14 Å². The summed E-state index contributed by atoms with van der Waals surface area (Å²) in [7, 11) is 0.115. The van der Waals surface area contributed by atoms with Gasteiger partial charge in [0.05, 0.1) is 5.75 Å². The Morgan fingerprint density at radius 3 is 2.43 bits per heavy atom. The predicted octanol–water partition coefficient (Wildman–Crippen LogP) is 1.19. The third-order valence-electron chi connectivity index (χ3n) is 3.05. The van der Waals surface area contributed by atoms with Crippen molar-refractivity contribution in [2.75, 3.05) is 24.3 Å². The van der Waals surface area contributed by atoms with Crippen LogP contribution in [0.1, 0.15) is 15.9 Å². The number of amides is 1. The molecular weight excluding hydrogens is 316 g/mol. The fourth-order valence-corrected chi connectivity index (χ4v) is 2.58. The number of nitrogens with two attached hydrogens (primary N) is 1. The Labute approximate surface area is 135 Å². The lowest BCUT2D eigenvalue weighted by Gasteiger charge is -2.12. The van der Waals surface area contributed by atoms with Crippen molar-refractivity contribution in [3.8, 4) is 0 Å². The zero-order valence-electron chi connectivity index (χ0n) is 12.9. The number of pyridine rings is 1. The Morgan fingerprint density at radius 1 is 1.22 bits per heavy atom. The number of carbonyl (C=O) groups excluding carboxylic acids is 1. The molecule has 122 valence electrons. The molecular formula is C15H18N4O3S. The standard InChI is InChI=1S/C15H18N4O3S/c1-19(2)14-9-12(7-8-17-14)15(20)18-13-5-3-11(4-6-13)10-23(16,21)22/h3-9H,10H2,1-2H3,(H,18,20)(H2,16,21,22). The Kier molecular flexibility index (Phi) is 4.97. The van der Waals surface area contributed by atoms with Gasteiger partial charge in [-0.25, -0.2) is 18.5 Å². The molecule has 0 aliphatic heterocycles. The first-order chi connectivity index (χ1) is 10.7. The van der Waals surface area contributed by atoms with Crippen molar-refractivity contribution in [1.29, 1.82) is 0 Å². The number of aromatic nitrogens is 1. The largest absolute Gasteiger partial charge is 0.363 e. The van der Waals surface area contributed by atoms with Crippen LogP contribution in [0.2, 0.25) is 0 Å². The molecule has 1 heterocycles. The maximum Gasteiger partial charge on any atom is 0.255 e. The third kappa shape index (κ3) is 5.04. The number of nitrogens with one attached hydrogen (secondary N) is 1. The number of anilines is 2. The van der Waals surface area contributed by atoms with Crippen LogP contribution >= 0.6 is 0 Å². The number of primary sulfonamides is 1. The minimum atomic E-state index is -3.57. The first-order valence-electron chi connectivity index (χ1n) is 6.79. The summed E-state index contributed by atoms with van der Waals surface area (Å²) in [6.07, 6.45) is 1.57. The summed E-state index contributed by atoms with van der Waals surface area (Å²) in [5, 5.41) is 7.74. The lowest BCUT2D eigenvalue weighted by atomic mass is 10.2. The molecule has 2 aromatic rings. The zero-order valence-corrected chi connectivity index (χ0v) is 13.7. The van der Waals surface area contributed by atoms with E-state index < -0.39 is 10.0 Å². The van der Waals surface area contributed by atoms with Crippen molar-refractivity contribution < 1.29 is 13.2 Å². The van der Waals surface area contributed by atoms with Crippen LogP contribution in [0, 0.1) is 0 Å². The quantitative estimate of drug-likeness (QED) is 0.854. The molecule has 8 heteroatoms. The van der Waals surface area contributed by atoms with Crippen molar-refractivity contribution in [1.82, 2.24) is 4.98 Å².